The highest BCUT2D eigenvalue weighted by molar-refractivity contribution is 6.11. The fourth-order valence-corrected chi connectivity index (χ4v) is 11.9. The summed E-state index contributed by atoms with van der Waals surface area (Å²) in [6.45, 7) is 19.6. The Morgan fingerprint density at radius 3 is 1.29 bits per heavy atom. The monoisotopic (exact) mass is 949 g/mol. The largest absolute Gasteiger partial charge is 0.507 e. The maximum atomic E-state index is 10.9. The van der Waals surface area contributed by atoms with Crippen molar-refractivity contribution in [1.29, 1.82) is 0 Å². The molecular weight excluding hydrogens is 877 g/mol. The zero-order valence-corrected chi connectivity index (χ0v) is 44.0. The smallest absolute Gasteiger partial charge is 0.210 e. The number of allylic oxidation sites excluding steroid dienone is 2. The Balaban J connectivity index is 0.000000178. The number of hydrogen-bond acceptors (Lipinski definition) is 3. The zero-order valence-electron chi connectivity index (χ0n) is 44.0. The number of aryl methyl sites for hydroxylation is 1. The fraction of sp³-hybridized carbons (Fsp3) is 0.254. The van der Waals surface area contributed by atoms with Gasteiger partial charge in [-0.15, -0.1) is 0 Å². The average Bonchev–Trinajstić information content (AvgIpc) is 3.74. The molecule has 5 nitrogen and oxygen atoms in total. The third-order valence-corrected chi connectivity index (χ3v) is 15.7. The molecule has 0 bridgehead atoms. The van der Waals surface area contributed by atoms with Crippen LogP contribution in [0.1, 0.15) is 80.5 Å². The van der Waals surface area contributed by atoms with Crippen LogP contribution in [0.3, 0.4) is 0 Å². The van der Waals surface area contributed by atoms with Gasteiger partial charge in [0.1, 0.15) is 19.8 Å². The minimum Gasteiger partial charge on any atom is -0.507 e. The molecule has 5 heteroatoms. The van der Waals surface area contributed by atoms with Gasteiger partial charge >= 0.3 is 0 Å². The Morgan fingerprint density at radius 1 is 0.458 bits per heavy atom. The molecule has 0 saturated carbocycles. The highest BCUT2D eigenvalue weighted by Crippen LogP contribution is 2.48. The summed E-state index contributed by atoms with van der Waals surface area (Å²) < 4.78 is 4.73. The van der Waals surface area contributed by atoms with Crippen LogP contribution in [0.2, 0.25) is 0 Å². The SMILES string of the molecule is CCN(CC)c1ccc(/C=C/C2=[N+](C)c3ccc4ccccc4c3C2(C)Cc2ccccc2)c(C)c1.CCN(CC)c1ccc(/C=C/C2=[N+](C)c3ccc4ccccc4c3C2(C)Cc2ccccc2)c(O)c1. The van der Waals surface area contributed by atoms with E-state index in [-0.39, 0.29) is 10.8 Å². The van der Waals surface area contributed by atoms with Gasteiger partial charge in [0.15, 0.2) is 11.4 Å². The Bertz CT molecular complexity index is 3150. The average molecular weight is 949 g/mol. The van der Waals surface area contributed by atoms with E-state index in [9.17, 15) is 5.11 Å². The van der Waals surface area contributed by atoms with Gasteiger partial charge in [-0.1, -0.05) is 115 Å². The zero-order chi connectivity index (χ0) is 50.6. The molecule has 364 valence electrons. The molecule has 2 heterocycles. The van der Waals surface area contributed by atoms with Crippen LogP contribution in [-0.4, -0.2) is 66.0 Å². The molecule has 2 aliphatic heterocycles. The Kier molecular flexibility index (Phi) is 14.5. The molecule has 2 atom stereocenters. The van der Waals surface area contributed by atoms with Gasteiger partial charge in [0.05, 0.1) is 10.8 Å². The van der Waals surface area contributed by atoms with Crippen molar-refractivity contribution >= 4 is 67.9 Å². The number of aromatic hydroxyl groups is 1. The number of anilines is 2. The van der Waals surface area contributed by atoms with Gasteiger partial charge in [-0.3, -0.25) is 0 Å². The van der Waals surface area contributed by atoms with E-state index in [0.29, 0.717) is 5.75 Å². The second-order valence-corrected chi connectivity index (χ2v) is 20.0. The standard InChI is InChI=1S/C34H37N2.C33H34N2O/c1-6-36(7-2)29-20-17-27(25(3)23-29)19-22-32-34(4,24-26-13-9-8-10-14-26)33-30-16-12-11-15-28(30)18-21-31(33)35(32)5;1-5-35(6-2)27-19-16-26(30(36)22-27)18-21-31-33(3,23-24-12-8-7-9-13-24)32-28-15-11-10-14-25(28)17-20-29(32)34(31)4/h8-23H,6-7,24H2,1-5H3;7-22H,5-6,23H2,1-4H3/q+1;/p+1. The molecule has 2 unspecified atom stereocenters. The minimum absolute atomic E-state index is 0.141. The van der Waals surface area contributed by atoms with Gasteiger partial charge in [0, 0.05) is 84.6 Å². The van der Waals surface area contributed by atoms with Gasteiger partial charge in [-0.05, 0) is 154 Å². The van der Waals surface area contributed by atoms with Gasteiger partial charge in [-0.25, -0.2) is 0 Å². The molecule has 0 spiro atoms. The van der Waals surface area contributed by atoms with E-state index in [1.165, 1.54) is 83.4 Å². The summed E-state index contributed by atoms with van der Waals surface area (Å²) in [5.41, 5.74) is 16.0. The van der Waals surface area contributed by atoms with Crippen molar-refractivity contribution in [2.24, 2.45) is 0 Å². The van der Waals surface area contributed by atoms with Crippen LogP contribution in [0, 0.1) is 6.92 Å². The lowest BCUT2D eigenvalue weighted by Crippen LogP contribution is -2.33. The molecule has 0 amide bonds. The first kappa shape index (κ1) is 49.5. The summed E-state index contributed by atoms with van der Waals surface area (Å²) in [4.78, 5) is 4.64. The van der Waals surface area contributed by atoms with Gasteiger partial charge in [0.2, 0.25) is 11.4 Å². The third kappa shape index (κ3) is 9.41. The second kappa shape index (κ2) is 21.1. The van der Waals surface area contributed by atoms with E-state index < -0.39 is 0 Å². The van der Waals surface area contributed by atoms with Crippen molar-refractivity contribution in [1.82, 2.24) is 0 Å². The summed E-state index contributed by atoms with van der Waals surface area (Å²) in [6, 6.07) is 61.0. The van der Waals surface area contributed by atoms with Crippen LogP contribution >= 0.6 is 0 Å². The summed E-state index contributed by atoms with van der Waals surface area (Å²) in [7, 11) is 4.38. The van der Waals surface area contributed by atoms with Crippen molar-refractivity contribution in [2.45, 2.75) is 72.1 Å². The Hall–Kier alpha value is -7.50. The molecule has 0 saturated heterocycles. The molecule has 72 heavy (non-hydrogen) atoms. The Morgan fingerprint density at radius 2 is 0.861 bits per heavy atom. The fourth-order valence-electron chi connectivity index (χ4n) is 11.9. The normalized spacial score (nSPS) is 17.2. The maximum absolute atomic E-state index is 10.9. The van der Waals surface area contributed by atoms with E-state index in [2.05, 4.69) is 264 Å². The molecule has 10 rings (SSSR count). The van der Waals surface area contributed by atoms with Crippen LogP contribution in [0.25, 0.3) is 33.7 Å². The lowest BCUT2D eigenvalue weighted by molar-refractivity contribution is -0.401. The van der Waals surface area contributed by atoms with Crippen molar-refractivity contribution in [2.75, 3.05) is 50.1 Å². The Labute approximate surface area is 429 Å². The number of hydrogen-bond donors (Lipinski definition) is 1. The lowest BCUT2D eigenvalue weighted by atomic mass is 9.73. The number of nitrogens with zero attached hydrogens (tertiary/aromatic N) is 4. The molecule has 0 aromatic heterocycles. The lowest BCUT2D eigenvalue weighted by Gasteiger charge is -2.24. The summed E-state index contributed by atoms with van der Waals surface area (Å²) >= 11 is 0. The maximum Gasteiger partial charge on any atom is 0.210 e. The second-order valence-electron chi connectivity index (χ2n) is 20.0. The molecule has 2 aliphatic rings. The molecule has 8 aromatic carbocycles. The first-order valence-electron chi connectivity index (χ1n) is 26.1. The molecule has 0 aliphatic carbocycles. The molecule has 0 radical (unpaired) electrons. The van der Waals surface area contributed by atoms with Crippen LogP contribution in [0.5, 0.6) is 5.75 Å². The van der Waals surface area contributed by atoms with Gasteiger partial charge in [0.25, 0.3) is 0 Å². The third-order valence-electron chi connectivity index (χ3n) is 15.7. The highest BCUT2D eigenvalue weighted by atomic mass is 16.3. The van der Waals surface area contributed by atoms with Crippen LogP contribution in [-0.2, 0) is 23.7 Å². The predicted octanol–water partition coefficient (Wildman–Crippen LogP) is 15.3. The van der Waals surface area contributed by atoms with E-state index in [1.807, 2.05) is 12.1 Å². The topological polar surface area (TPSA) is 32.7 Å². The predicted molar refractivity (Wildman–Crippen MR) is 309 cm³/mol. The van der Waals surface area contributed by atoms with Crippen molar-refractivity contribution in [3.63, 3.8) is 0 Å². The minimum atomic E-state index is -0.223. The van der Waals surface area contributed by atoms with E-state index in [0.717, 1.165) is 50.3 Å². The molecule has 0 fully saturated rings. The number of benzene rings is 8. The molecular formula is C67H72N4O+2. The van der Waals surface area contributed by atoms with Crippen LogP contribution in [0.15, 0.2) is 182 Å². The van der Waals surface area contributed by atoms with Crippen molar-refractivity contribution in [3.8, 4) is 5.75 Å². The van der Waals surface area contributed by atoms with Crippen LogP contribution < -0.4 is 9.80 Å². The number of phenolic OH excluding ortho intramolecular Hbond substituents is 1. The molecule has 8 aromatic rings. The van der Waals surface area contributed by atoms with Crippen molar-refractivity contribution < 1.29 is 14.3 Å². The van der Waals surface area contributed by atoms with Crippen LogP contribution in [0.4, 0.5) is 22.7 Å². The number of fused-ring (bicyclic) bond motifs is 6. The number of rotatable bonds is 14. The summed E-state index contributed by atoms with van der Waals surface area (Å²) in [6.07, 6.45) is 10.8. The van der Waals surface area contributed by atoms with Gasteiger partial charge in [-0.2, -0.15) is 9.15 Å². The molecule has 1 N–H and O–H groups in total. The summed E-state index contributed by atoms with van der Waals surface area (Å²) in [5.74, 6) is 0.310. The van der Waals surface area contributed by atoms with Crippen molar-refractivity contribution in [3.05, 3.63) is 221 Å². The quantitative estimate of drug-likeness (QED) is 0.110. The van der Waals surface area contributed by atoms with E-state index >= 15 is 0 Å². The van der Waals surface area contributed by atoms with Gasteiger partial charge < -0.3 is 14.9 Å². The number of phenols is 1. The highest BCUT2D eigenvalue weighted by Gasteiger charge is 2.49. The summed E-state index contributed by atoms with van der Waals surface area (Å²) in [5, 5.41) is 16.1. The van der Waals surface area contributed by atoms with E-state index in [4.69, 9.17) is 0 Å². The van der Waals surface area contributed by atoms with E-state index in [1.54, 1.807) is 0 Å². The first-order valence-corrected chi connectivity index (χ1v) is 26.1. The first-order chi connectivity index (χ1) is 34.9.